The summed E-state index contributed by atoms with van der Waals surface area (Å²) in [6.07, 6.45) is 4.53. The van der Waals surface area contributed by atoms with Crippen LogP contribution in [0.2, 0.25) is 0 Å². The van der Waals surface area contributed by atoms with Gasteiger partial charge in [-0.2, -0.15) is 0 Å². The number of aromatic nitrogens is 1. The summed E-state index contributed by atoms with van der Waals surface area (Å²) in [5, 5.41) is 0.795. The zero-order valence-corrected chi connectivity index (χ0v) is 13.0. The molecule has 1 aliphatic carbocycles. The van der Waals surface area contributed by atoms with Crippen molar-refractivity contribution < 1.29 is 9.53 Å². The van der Waals surface area contributed by atoms with Gasteiger partial charge in [0, 0.05) is 16.3 Å². The van der Waals surface area contributed by atoms with E-state index >= 15 is 0 Å². The monoisotopic (exact) mass is 314 g/mol. The van der Waals surface area contributed by atoms with Crippen LogP contribution in [0.5, 0.6) is 0 Å². The molecule has 4 nitrogen and oxygen atoms in total. The van der Waals surface area contributed by atoms with Crippen LogP contribution in [0, 0.1) is 0 Å². The Morgan fingerprint density at radius 2 is 2.00 bits per heavy atom. The second kappa shape index (κ2) is 6.83. The number of pyridine rings is 1. The minimum Gasteiger partial charge on any atom is -0.461 e. The standard InChI is InChI=1S/C17H18N2O2S/c18-16-9-13(7-8-19-16)11-21-17(20)10-12-1-3-14(4-2-12)22-15-5-6-15/h1-4,7-9,15H,5-6,10-11H2,(H2,18,19). The normalized spacial score (nSPS) is 13.8. The van der Waals surface area contributed by atoms with Crippen molar-refractivity contribution in [2.45, 2.75) is 36.0 Å². The number of carbonyl (C=O) groups excluding carboxylic acids is 1. The van der Waals surface area contributed by atoms with Crippen molar-refractivity contribution in [2.24, 2.45) is 0 Å². The molecule has 3 rings (SSSR count). The van der Waals surface area contributed by atoms with Crippen molar-refractivity contribution in [1.82, 2.24) is 4.98 Å². The molecular weight excluding hydrogens is 296 g/mol. The lowest BCUT2D eigenvalue weighted by atomic mass is 10.1. The molecule has 1 fully saturated rings. The lowest BCUT2D eigenvalue weighted by Gasteiger charge is -2.06. The van der Waals surface area contributed by atoms with Crippen LogP contribution in [0.15, 0.2) is 47.5 Å². The van der Waals surface area contributed by atoms with Crippen molar-refractivity contribution >= 4 is 23.5 Å². The first-order chi connectivity index (χ1) is 10.7. The number of ether oxygens (including phenoxy) is 1. The third-order valence-electron chi connectivity index (χ3n) is 3.34. The summed E-state index contributed by atoms with van der Waals surface area (Å²) in [5.41, 5.74) is 7.40. The number of carbonyl (C=O) groups is 1. The van der Waals surface area contributed by atoms with Gasteiger partial charge in [-0.05, 0) is 48.2 Å². The number of nitrogen functional groups attached to an aromatic ring is 1. The van der Waals surface area contributed by atoms with Gasteiger partial charge >= 0.3 is 5.97 Å². The predicted octanol–water partition coefficient (Wildman–Crippen LogP) is 3.20. The van der Waals surface area contributed by atoms with Gasteiger partial charge in [-0.3, -0.25) is 4.79 Å². The van der Waals surface area contributed by atoms with E-state index in [0.29, 0.717) is 5.82 Å². The molecule has 5 heteroatoms. The second-order valence-electron chi connectivity index (χ2n) is 5.39. The Hall–Kier alpha value is -2.01. The summed E-state index contributed by atoms with van der Waals surface area (Å²) in [4.78, 5) is 17.0. The molecule has 0 spiro atoms. The number of hydrogen-bond donors (Lipinski definition) is 1. The summed E-state index contributed by atoms with van der Waals surface area (Å²) in [5.74, 6) is 0.190. The molecule has 0 atom stereocenters. The molecule has 114 valence electrons. The highest BCUT2D eigenvalue weighted by molar-refractivity contribution is 8.00. The van der Waals surface area contributed by atoms with Crippen molar-refractivity contribution in [3.05, 3.63) is 53.7 Å². The molecule has 2 N–H and O–H groups in total. The fourth-order valence-corrected chi connectivity index (χ4v) is 3.08. The van der Waals surface area contributed by atoms with Crippen molar-refractivity contribution in [1.29, 1.82) is 0 Å². The smallest absolute Gasteiger partial charge is 0.310 e. The maximum Gasteiger partial charge on any atom is 0.310 e. The van der Waals surface area contributed by atoms with E-state index in [1.165, 1.54) is 17.7 Å². The highest BCUT2D eigenvalue weighted by atomic mass is 32.2. The fourth-order valence-electron chi connectivity index (χ4n) is 2.03. The Morgan fingerprint density at radius 3 is 2.68 bits per heavy atom. The van der Waals surface area contributed by atoms with Crippen LogP contribution in [0.4, 0.5) is 5.82 Å². The van der Waals surface area contributed by atoms with Gasteiger partial charge in [0.15, 0.2) is 0 Å². The minimum absolute atomic E-state index is 0.223. The van der Waals surface area contributed by atoms with Crippen LogP contribution in [0.25, 0.3) is 0 Å². The average Bonchev–Trinajstić information content (AvgIpc) is 3.31. The van der Waals surface area contributed by atoms with Gasteiger partial charge in [0.2, 0.25) is 0 Å². The van der Waals surface area contributed by atoms with E-state index in [1.54, 1.807) is 18.3 Å². The Kier molecular flexibility index (Phi) is 4.63. The number of nitrogens with zero attached hydrogens (tertiary/aromatic N) is 1. The Labute approximate surface area is 134 Å². The topological polar surface area (TPSA) is 65.2 Å². The first-order valence-electron chi connectivity index (χ1n) is 7.31. The second-order valence-corrected chi connectivity index (χ2v) is 6.76. The fraction of sp³-hybridized carbons (Fsp3) is 0.294. The number of nitrogens with two attached hydrogens (primary N) is 1. The van der Waals surface area contributed by atoms with Gasteiger partial charge in [0.1, 0.15) is 12.4 Å². The molecular formula is C17H18N2O2S. The molecule has 22 heavy (non-hydrogen) atoms. The zero-order chi connectivity index (χ0) is 15.4. The van der Waals surface area contributed by atoms with Crippen LogP contribution in [-0.2, 0) is 22.6 Å². The van der Waals surface area contributed by atoms with Gasteiger partial charge < -0.3 is 10.5 Å². The van der Waals surface area contributed by atoms with E-state index in [4.69, 9.17) is 10.5 Å². The van der Waals surface area contributed by atoms with Crippen LogP contribution in [0.3, 0.4) is 0 Å². The Balaban J connectivity index is 1.48. The number of hydrogen-bond acceptors (Lipinski definition) is 5. The number of benzene rings is 1. The molecule has 0 saturated heterocycles. The molecule has 2 aromatic rings. The largest absolute Gasteiger partial charge is 0.461 e. The molecule has 1 saturated carbocycles. The first kappa shape index (κ1) is 14.9. The van der Waals surface area contributed by atoms with E-state index in [0.717, 1.165) is 16.4 Å². The lowest BCUT2D eigenvalue weighted by molar-refractivity contribution is -0.144. The average molecular weight is 314 g/mol. The molecule has 0 radical (unpaired) electrons. The summed E-state index contributed by atoms with van der Waals surface area (Å²) in [7, 11) is 0. The number of thioether (sulfide) groups is 1. The van der Waals surface area contributed by atoms with E-state index in [9.17, 15) is 4.79 Å². The lowest BCUT2D eigenvalue weighted by Crippen LogP contribution is -2.08. The molecule has 1 aromatic carbocycles. The molecule has 1 aliphatic rings. The van der Waals surface area contributed by atoms with E-state index in [2.05, 4.69) is 17.1 Å². The number of esters is 1. The third kappa shape index (κ3) is 4.49. The minimum atomic E-state index is -0.238. The first-order valence-corrected chi connectivity index (χ1v) is 8.18. The zero-order valence-electron chi connectivity index (χ0n) is 12.2. The van der Waals surface area contributed by atoms with E-state index < -0.39 is 0 Å². The van der Waals surface area contributed by atoms with Gasteiger partial charge in [-0.1, -0.05) is 12.1 Å². The van der Waals surface area contributed by atoms with Crippen LogP contribution in [0.1, 0.15) is 24.0 Å². The van der Waals surface area contributed by atoms with Crippen molar-refractivity contribution in [2.75, 3.05) is 5.73 Å². The van der Waals surface area contributed by atoms with E-state index in [-0.39, 0.29) is 19.0 Å². The molecule has 0 amide bonds. The third-order valence-corrected chi connectivity index (χ3v) is 4.69. The van der Waals surface area contributed by atoms with Crippen LogP contribution >= 0.6 is 11.8 Å². The maximum atomic E-state index is 11.9. The highest BCUT2D eigenvalue weighted by Crippen LogP contribution is 2.38. The van der Waals surface area contributed by atoms with Crippen molar-refractivity contribution in [3.63, 3.8) is 0 Å². The summed E-state index contributed by atoms with van der Waals surface area (Å²) < 4.78 is 5.26. The van der Waals surface area contributed by atoms with Gasteiger partial charge in [-0.25, -0.2) is 4.98 Å². The van der Waals surface area contributed by atoms with E-state index in [1.807, 2.05) is 23.9 Å². The van der Waals surface area contributed by atoms with Crippen LogP contribution < -0.4 is 5.73 Å². The summed E-state index contributed by atoms with van der Waals surface area (Å²) in [6.45, 7) is 0.223. The predicted molar refractivity (Wildman–Crippen MR) is 87.5 cm³/mol. The SMILES string of the molecule is Nc1cc(COC(=O)Cc2ccc(SC3CC3)cc2)ccn1. The van der Waals surface area contributed by atoms with Gasteiger partial charge in [0.05, 0.1) is 6.42 Å². The Morgan fingerprint density at radius 1 is 1.23 bits per heavy atom. The number of rotatable bonds is 6. The van der Waals surface area contributed by atoms with Crippen molar-refractivity contribution in [3.8, 4) is 0 Å². The summed E-state index contributed by atoms with van der Waals surface area (Å²) in [6, 6.07) is 11.6. The Bertz CT molecular complexity index is 654. The maximum absolute atomic E-state index is 11.9. The molecule has 0 bridgehead atoms. The number of anilines is 1. The molecule has 1 aromatic heterocycles. The van der Waals surface area contributed by atoms with Gasteiger partial charge in [0.25, 0.3) is 0 Å². The molecule has 0 unspecified atom stereocenters. The molecule has 1 heterocycles. The highest BCUT2D eigenvalue weighted by Gasteiger charge is 2.22. The van der Waals surface area contributed by atoms with Crippen LogP contribution in [-0.4, -0.2) is 16.2 Å². The summed E-state index contributed by atoms with van der Waals surface area (Å²) >= 11 is 1.91. The molecule has 0 aliphatic heterocycles. The quantitative estimate of drug-likeness (QED) is 0.829. The van der Waals surface area contributed by atoms with Gasteiger partial charge in [-0.15, -0.1) is 11.8 Å².